The number of aromatic nitrogens is 1. The summed E-state index contributed by atoms with van der Waals surface area (Å²) in [6, 6.07) is 4.09. The molecule has 0 saturated carbocycles. The van der Waals surface area contributed by atoms with Crippen LogP contribution in [0.15, 0.2) is 24.4 Å². The Morgan fingerprint density at radius 3 is 2.89 bits per heavy atom. The van der Waals surface area contributed by atoms with Crippen LogP contribution in [0.2, 0.25) is 4.47 Å². The average Bonchev–Trinajstić information content (AvgIpc) is 2.74. The van der Waals surface area contributed by atoms with Crippen molar-refractivity contribution in [3.8, 4) is 0 Å². The van der Waals surface area contributed by atoms with Gasteiger partial charge < -0.3 is 5.32 Å². The normalized spacial score (nSPS) is 10.4. The SMILES string of the molecule is O=C(Cl)c1cc(NCc2cnc(Cl)s2)ccc1F. The van der Waals surface area contributed by atoms with Gasteiger partial charge in [-0.3, -0.25) is 4.79 Å². The van der Waals surface area contributed by atoms with Crippen LogP contribution in [0.25, 0.3) is 0 Å². The molecule has 0 spiro atoms. The van der Waals surface area contributed by atoms with E-state index in [1.807, 2.05) is 0 Å². The Kier molecular flexibility index (Phi) is 4.16. The zero-order valence-corrected chi connectivity index (χ0v) is 11.2. The molecule has 2 aromatic rings. The molecule has 0 bridgehead atoms. The molecule has 0 radical (unpaired) electrons. The summed E-state index contributed by atoms with van der Waals surface area (Å²) in [6.45, 7) is 0.492. The molecule has 0 fully saturated rings. The maximum atomic E-state index is 13.2. The molecule has 94 valence electrons. The Morgan fingerprint density at radius 1 is 1.50 bits per heavy atom. The fourth-order valence-corrected chi connectivity index (χ4v) is 2.40. The van der Waals surface area contributed by atoms with Gasteiger partial charge in [0.1, 0.15) is 5.82 Å². The molecular weight excluding hydrogens is 298 g/mol. The van der Waals surface area contributed by atoms with Gasteiger partial charge in [-0.2, -0.15) is 0 Å². The lowest BCUT2D eigenvalue weighted by Crippen LogP contribution is -2.01. The highest BCUT2D eigenvalue weighted by Gasteiger charge is 2.10. The fourth-order valence-electron chi connectivity index (χ4n) is 1.34. The maximum absolute atomic E-state index is 13.2. The van der Waals surface area contributed by atoms with Crippen LogP contribution in [0.4, 0.5) is 10.1 Å². The van der Waals surface area contributed by atoms with Gasteiger partial charge in [-0.25, -0.2) is 9.37 Å². The second-order valence-corrected chi connectivity index (χ2v) is 5.44. The number of carbonyl (C=O) groups is 1. The summed E-state index contributed by atoms with van der Waals surface area (Å²) in [6.07, 6.45) is 1.65. The molecule has 1 aromatic heterocycles. The third-order valence-corrected chi connectivity index (χ3v) is 3.49. The van der Waals surface area contributed by atoms with Crippen LogP contribution < -0.4 is 5.32 Å². The molecule has 0 atom stereocenters. The summed E-state index contributed by atoms with van der Waals surface area (Å²) in [4.78, 5) is 15.8. The maximum Gasteiger partial charge on any atom is 0.255 e. The van der Waals surface area contributed by atoms with E-state index in [2.05, 4.69) is 10.3 Å². The minimum Gasteiger partial charge on any atom is -0.380 e. The Bertz CT molecular complexity index is 588. The highest BCUT2D eigenvalue weighted by Crippen LogP contribution is 2.21. The molecule has 0 aliphatic heterocycles. The summed E-state index contributed by atoms with van der Waals surface area (Å²) in [5.41, 5.74) is 0.453. The van der Waals surface area contributed by atoms with E-state index in [9.17, 15) is 9.18 Å². The molecule has 0 amide bonds. The molecule has 0 aliphatic carbocycles. The Hall–Kier alpha value is -1.17. The quantitative estimate of drug-likeness (QED) is 0.870. The monoisotopic (exact) mass is 304 g/mol. The average molecular weight is 305 g/mol. The number of anilines is 1. The van der Waals surface area contributed by atoms with Crippen LogP contribution in [0.1, 0.15) is 15.2 Å². The molecule has 0 saturated heterocycles. The number of hydrogen-bond acceptors (Lipinski definition) is 4. The number of nitrogens with one attached hydrogen (secondary N) is 1. The van der Waals surface area contributed by atoms with Gasteiger partial charge in [-0.1, -0.05) is 11.6 Å². The molecule has 0 aliphatic rings. The molecule has 1 N–H and O–H groups in total. The highest BCUT2D eigenvalue weighted by atomic mass is 35.5. The van der Waals surface area contributed by atoms with E-state index in [-0.39, 0.29) is 5.56 Å². The van der Waals surface area contributed by atoms with Crippen molar-refractivity contribution >= 4 is 45.5 Å². The molecule has 0 unspecified atom stereocenters. The lowest BCUT2D eigenvalue weighted by molar-refractivity contribution is 0.107. The van der Waals surface area contributed by atoms with Crippen molar-refractivity contribution in [3.05, 3.63) is 45.1 Å². The molecule has 7 heteroatoms. The zero-order valence-electron chi connectivity index (χ0n) is 8.91. The van der Waals surface area contributed by atoms with Crippen LogP contribution >= 0.6 is 34.5 Å². The zero-order chi connectivity index (χ0) is 13.1. The van der Waals surface area contributed by atoms with Crippen LogP contribution in [0, 0.1) is 5.82 Å². The van der Waals surface area contributed by atoms with Gasteiger partial charge in [0, 0.05) is 16.8 Å². The first-order valence-corrected chi connectivity index (χ1v) is 6.47. The molecule has 18 heavy (non-hydrogen) atoms. The van der Waals surface area contributed by atoms with Crippen molar-refractivity contribution in [3.63, 3.8) is 0 Å². The summed E-state index contributed by atoms with van der Waals surface area (Å²) in [7, 11) is 0. The van der Waals surface area contributed by atoms with Gasteiger partial charge in [0.2, 0.25) is 0 Å². The van der Waals surface area contributed by atoms with E-state index in [0.29, 0.717) is 16.7 Å². The van der Waals surface area contributed by atoms with Crippen molar-refractivity contribution in [2.24, 2.45) is 0 Å². The van der Waals surface area contributed by atoms with Gasteiger partial charge in [-0.15, -0.1) is 11.3 Å². The van der Waals surface area contributed by atoms with Gasteiger partial charge in [0.15, 0.2) is 4.47 Å². The summed E-state index contributed by atoms with van der Waals surface area (Å²) >= 11 is 12.3. The molecule has 3 nitrogen and oxygen atoms in total. The predicted octanol–water partition coefficient (Wildman–Crippen LogP) is 3.93. The number of nitrogens with zero attached hydrogens (tertiary/aromatic N) is 1. The highest BCUT2D eigenvalue weighted by molar-refractivity contribution is 7.15. The molecule has 1 heterocycles. The lowest BCUT2D eigenvalue weighted by Gasteiger charge is -2.06. The van der Waals surface area contributed by atoms with Gasteiger partial charge in [0.25, 0.3) is 5.24 Å². The van der Waals surface area contributed by atoms with Crippen LogP contribution in [0.5, 0.6) is 0 Å². The third-order valence-electron chi connectivity index (χ3n) is 2.17. The van der Waals surface area contributed by atoms with Crippen LogP contribution in [0.3, 0.4) is 0 Å². The van der Waals surface area contributed by atoms with Crippen molar-refractivity contribution in [2.75, 3.05) is 5.32 Å². The minimum atomic E-state index is -0.822. The van der Waals surface area contributed by atoms with Crippen molar-refractivity contribution in [1.82, 2.24) is 4.98 Å². The lowest BCUT2D eigenvalue weighted by atomic mass is 10.2. The largest absolute Gasteiger partial charge is 0.380 e. The second-order valence-electron chi connectivity index (χ2n) is 3.40. The van der Waals surface area contributed by atoms with E-state index in [0.717, 1.165) is 4.88 Å². The van der Waals surface area contributed by atoms with Gasteiger partial charge >= 0.3 is 0 Å². The Labute approximate surface area is 117 Å². The van der Waals surface area contributed by atoms with E-state index >= 15 is 0 Å². The number of rotatable bonds is 4. The first kappa shape index (κ1) is 13.3. The van der Waals surface area contributed by atoms with E-state index in [1.165, 1.54) is 29.5 Å². The third kappa shape index (κ3) is 3.19. The van der Waals surface area contributed by atoms with Crippen molar-refractivity contribution < 1.29 is 9.18 Å². The molecular formula is C11H7Cl2FN2OS. The van der Waals surface area contributed by atoms with Crippen LogP contribution in [-0.2, 0) is 6.54 Å². The smallest absolute Gasteiger partial charge is 0.255 e. The standard InChI is InChI=1S/C11H7Cl2FN2OS/c12-10(17)8-3-6(1-2-9(8)14)15-4-7-5-16-11(13)18-7/h1-3,5,15H,4H2. The number of benzene rings is 1. The Balaban J connectivity index is 2.10. The number of carbonyl (C=O) groups excluding carboxylic acids is 1. The number of thiazole rings is 1. The fraction of sp³-hybridized carbons (Fsp3) is 0.0909. The van der Waals surface area contributed by atoms with Crippen molar-refractivity contribution in [2.45, 2.75) is 6.54 Å². The van der Waals surface area contributed by atoms with Gasteiger partial charge in [0.05, 0.1) is 12.1 Å². The van der Waals surface area contributed by atoms with Crippen LogP contribution in [-0.4, -0.2) is 10.2 Å². The molecule has 1 aromatic carbocycles. The van der Waals surface area contributed by atoms with Crippen molar-refractivity contribution in [1.29, 1.82) is 0 Å². The summed E-state index contributed by atoms with van der Waals surface area (Å²) in [5, 5.41) is 2.21. The van der Waals surface area contributed by atoms with E-state index < -0.39 is 11.1 Å². The minimum absolute atomic E-state index is 0.149. The van der Waals surface area contributed by atoms with Gasteiger partial charge in [-0.05, 0) is 29.8 Å². The topological polar surface area (TPSA) is 42.0 Å². The number of hydrogen-bond donors (Lipinski definition) is 1. The van der Waals surface area contributed by atoms with E-state index in [4.69, 9.17) is 23.2 Å². The summed E-state index contributed by atoms with van der Waals surface area (Å²) in [5.74, 6) is -0.638. The second kappa shape index (κ2) is 5.65. The van der Waals surface area contributed by atoms with E-state index in [1.54, 1.807) is 6.20 Å². The number of halogens is 3. The predicted molar refractivity (Wildman–Crippen MR) is 71.0 cm³/mol. The summed E-state index contributed by atoms with van der Waals surface area (Å²) < 4.78 is 13.7. The Morgan fingerprint density at radius 2 is 2.28 bits per heavy atom. The molecule has 2 rings (SSSR count). The first-order chi connectivity index (χ1) is 8.56. The first-order valence-electron chi connectivity index (χ1n) is 4.89.